The Balaban J connectivity index is 1.45. The summed E-state index contributed by atoms with van der Waals surface area (Å²) in [6, 6.07) is 10.1. The standard InChI is InChI=1S/C20H27NO3/c1-12(2)15-10-9-13(3)11-16(15)22-20-19-18(23-19)17(21-24-20)14-7-5-4-6-8-14/h4-8,12-13,15-16,18-20H,9-11H2,1-3H3/t13-,15+,16-,18-,19-,20-/m1/s1. The molecule has 0 unspecified atom stereocenters. The number of rotatable bonds is 4. The second-order valence-corrected chi connectivity index (χ2v) is 7.84. The first-order valence-electron chi connectivity index (χ1n) is 9.23. The van der Waals surface area contributed by atoms with Gasteiger partial charge in [-0.05, 0) is 30.6 Å². The van der Waals surface area contributed by atoms with Gasteiger partial charge in [0.15, 0.2) is 6.10 Å². The van der Waals surface area contributed by atoms with E-state index in [4.69, 9.17) is 14.3 Å². The zero-order valence-corrected chi connectivity index (χ0v) is 14.7. The molecule has 1 aliphatic carbocycles. The summed E-state index contributed by atoms with van der Waals surface area (Å²) in [4.78, 5) is 5.71. The van der Waals surface area contributed by atoms with Gasteiger partial charge in [0.25, 0.3) is 6.29 Å². The van der Waals surface area contributed by atoms with Crippen LogP contribution in [0.25, 0.3) is 0 Å². The second-order valence-electron chi connectivity index (χ2n) is 7.84. The number of oxime groups is 1. The highest BCUT2D eigenvalue weighted by atomic mass is 16.8. The van der Waals surface area contributed by atoms with Crippen molar-refractivity contribution < 1.29 is 14.3 Å². The number of epoxide rings is 1. The van der Waals surface area contributed by atoms with Crippen molar-refractivity contribution in [1.29, 1.82) is 0 Å². The molecule has 0 aromatic heterocycles. The second kappa shape index (κ2) is 6.49. The summed E-state index contributed by atoms with van der Waals surface area (Å²) in [5.41, 5.74) is 1.95. The highest BCUT2D eigenvalue weighted by Crippen LogP contribution is 2.40. The fraction of sp³-hybridized carbons (Fsp3) is 0.650. The average Bonchev–Trinajstić information content (AvgIpc) is 3.37. The van der Waals surface area contributed by atoms with Gasteiger partial charge in [-0.3, -0.25) is 0 Å². The third-order valence-corrected chi connectivity index (χ3v) is 5.66. The lowest BCUT2D eigenvalue weighted by Gasteiger charge is -2.38. The van der Waals surface area contributed by atoms with Crippen LogP contribution in [0.15, 0.2) is 35.5 Å². The molecule has 2 aliphatic heterocycles. The van der Waals surface area contributed by atoms with E-state index >= 15 is 0 Å². The average molecular weight is 329 g/mol. The maximum absolute atomic E-state index is 6.36. The SMILES string of the molecule is CC(C)[C@@H]1CC[C@@H](C)C[C@H]1O[C@@H]1ON=C(c2ccccc2)[C@H]2O[C@@H]12. The van der Waals surface area contributed by atoms with Gasteiger partial charge in [-0.25, -0.2) is 0 Å². The molecule has 1 saturated carbocycles. The number of ether oxygens (including phenoxy) is 2. The van der Waals surface area contributed by atoms with Crippen molar-refractivity contribution in [1.82, 2.24) is 0 Å². The Labute approximate surface area is 144 Å². The Hall–Kier alpha value is -1.39. The normalized spacial score (nSPS) is 38.2. The van der Waals surface area contributed by atoms with Gasteiger partial charge >= 0.3 is 0 Å². The summed E-state index contributed by atoms with van der Waals surface area (Å²) in [7, 11) is 0. The van der Waals surface area contributed by atoms with Crippen molar-refractivity contribution in [3.05, 3.63) is 35.9 Å². The summed E-state index contributed by atoms with van der Waals surface area (Å²) in [6.45, 7) is 6.90. The molecule has 0 bridgehead atoms. The molecule has 1 aromatic carbocycles. The number of hydrogen-bond donors (Lipinski definition) is 0. The molecule has 0 radical (unpaired) electrons. The summed E-state index contributed by atoms with van der Waals surface area (Å²) in [5.74, 6) is 1.94. The molecule has 3 aliphatic rings. The van der Waals surface area contributed by atoms with Crippen LogP contribution in [0.5, 0.6) is 0 Å². The van der Waals surface area contributed by atoms with Crippen LogP contribution in [-0.4, -0.2) is 30.3 Å². The molecule has 1 aromatic rings. The van der Waals surface area contributed by atoms with Crippen molar-refractivity contribution in [3.8, 4) is 0 Å². The van der Waals surface area contributed by atoms with Crippen molar-refractivity contribution in [2.24, 2.45) is 22.9 Å². The van der Waals surface area contributed by atoms with Crippen molar-refractivity contribution in [2.75, 3.05) is 0 Å². The molecule has 0 amide bonds. The minimum Gasteiger partial charge on any atom is -0.360 e. The van der Waals surface area contributed by atoms with Crippen LogP contribution < -0.4 is 0 Å². The van der Waals surface area contributed by atoms with Gasteiger partial charge in [0.2, 0.25) is 0 Å². The number of fused-ring (bicyclic) bond motifs is 1. The van der Waals surface area contributed by atoms with Gasteiger partial charge in [-0.1, -0.05) is 62.7 Å². The molecule has 1 saturated heterocycles. The van der Waals surface area contributed by atoms with Crippen LogP contribution in [0.1, 0.15) is 45.6 Å². The van der Waals surface area contributed by atoms with Gasteiger partial charge in [0.05, 0.1) is 6.10 Å². The zero-order chi connectivity index (χ0) is 16.7. The van der Waals surface area contributed by atoms with E-state index in [1.54, 1.807) is 0 Å². The molecule has 4 heteroatoms. The lowest BCUT2D eigenvalue weighted by Crippen LogP contribution is -2.41. The molecule has 2 fully saturated rings. The van der Waals surface area contributed by atoms with Crippen molar-refractivity contribution >= 4 is 5.71 Å². The summed E-state index contributed by atoms with van der Waals surface area (Å²) < 4.78 is 12.2. The van der Waals surface area contributed by atoms with Gasteiger partial charge in [-0.15, -0.1) is 0 Å². The van der Waals surface area contributed by atoms with Crippen molar-refractivity contribution in [3.63, 3.8) is 0 Å². The molecule has 6 atom stereocenters. The number of hydrogen-bond acceptors (Lipinski definition) is 4. The summed E-state index contributed by atoms with van der Waals surface area (Å²) in [5, 5.41) is 4.32. The topological polar surface area (TPSA) is 43.4 Å². The molecule has 4 nitrogen and oxygen atoms in total. The van der Waals surface area contributed by atoms with E-state index in [1.165, 1.54) is 12.8 Å². The first kappa shape index (κ1) is 16.1. The van der Waals surface area contributed by atoms with Crippen LogP contribution in [0.4, 0.5) is 0 Å². The zero-order valence-electron chi connectivity index (χ0n) is 14.7. The van der Waals surface area contributed by atoms with Gasteiger partial charge in [0, 0.05) is 5.56 Å². The molecule has 0 N–H and O–H groups in total. The lowest BCUT2D eigenvalue weighted by atomic mass is 9.75. The Morgan fingerprint density at radius 2 is 1.96 bits per heavy atom. The predicted molar refractivity (Wildman–Crippen MR) is 92.7 cm³/mol. The van der Waals surface area contributed by atoms with E-state index in [0.717, 1.165) is 17.7 Å². The van der Waals surface area contributed by atoms with E-state index in [2.05, 4.69) is 25.9 Å². The van der Waals surface area contributed by atoms with Gasteiger partial charge < -0.3 is 14.3 Å². The first-order chi connectivity index (χ1) is 11.6. The van der Waals surface area contributed by atoms with Crippen LogP contribution in [0.3, 0.4) is 0 Å². The van der Waals surface area contributed by atoms with Crippen LogP contribution in [-0.2, 0) is 14.3 Å². The highest BCUT2D eigenvalue weighted by Gasteiger charge is 2.55. The van der Waals surface area contributed by atoms with Crippen LogP contribution in [0.2, 0.25) is 0 Å². The van der Waals surface area contributed by atoms with Gasteiger partial charge in [-0.2, -0.15) is 0 Å². The predicted octanol–water partition coefficient (Wildman–Crippen LogP) is 3.99. The lowest BCUT2D eigenvalue weighted by molar-refractivity contribution is -0.205. The molecule has 130 valence electrons. The van der Waals surface area contributed by atoms with E-state index in [0.29, 0.717) is 17.8 Å². The minimum atomic E-state index is -0.362. The Bertz CT molecular complexity index is 600. The van der Waals surface area contributed by atoms with E-state index in [-0.39, 0.29) is 24.6 Å². The Morgan fingerprint density at radius 3 is 2.71 bits per heavy atom. The molecule has 24 heavy (non-hydrogen) atoms. The fourth-order valence-electron chi connectivity index (χ4n) is 4.14. The van der Waals surface area contributed by atoms with Gasteiger partial charge in [0.1, 0.15) is 11.8 Å². The number of nitrogens with zero attached hydrogens (tertiary/aromatic N) is 1. The third-order valence-electron chi connectivity index (χ3n) is 5.66. The summed E-state index contributed by atoms with van der Waals surface area (Å²) in [6.07, 6.45) is 3.54. The van der Waals surface area contributed by atoms with E-state index < -0.39 is 0 Å². The smallest absolute Gasteiger partial charge is 0.256 e. The first-order valence-corrected chi connectivity index (χ1v) is 9.23. The summed E-state index contributed by atoms with van der Waals surface area (Å²) >= 11 is 0. The fourth-order valence-corrected chi connectivity index (χ4v) is 4.14. The quantitative estimate of drug-likeness (QED) is 0.785. The third kappa shape index (κ3) is 3.09. The Kier molecular flexibility index (Phi) is 4.35. The molecule has 0 spiro atoms. The Morgan fingerprint density at radius 1 is 1.17 bits per heavy atom. The maximum Gasteiger partial charge on any atom is 0.256 e. The highest BCUT2D eigenvalue weighted by molar-refractivity contribution is 6.05. The van der Waals surface area contributed by atoms with Crippen LogP contribution >= 0.6 is 0 Å². The van der Waals surface area contributed by atoms with E-state index in [9.17, 15) is 0 Å². The monoisotopic (exact) mass is 329 g/mol. The molecule has 4 rings (SSSR count). The van der Waals surface area contributed by atoms with Crippen LogP contribution in [0, 0.1) is 17.8 Å². The largest absolute Gasteiger partial charge is 0.360 e. The van der Waals surface area contributed by atoms with E-state index in [1.807, 2.05) is 30.3 Å². The molecular formula is C20H27NO3. The number of benzene rings is 1. The molecular weight excluding hydrogens is 302 g/mol. The minimum absolute atomic E-state index is 0.0113. The van der Waals surface area contributed by atoms with Crippen molar-refractivity contribution in [2.45, 2.75) is 64.6 Å². The molecule has 2 heterocycles. The maximum atomic E-state index is 6.36.